The van der Waals surface area contributed by atoms with Crippen LogP contribution in [0.2, 0.25) is 0 Å². The number of carbonyl (C=O) groups is 3. The van der Waals surface area contributed by atoms with Gasteiger partial charge in [0.2, 0.25) is 11.8 Å². The van der Waals surface area contributed by atoms with Crippen LogP contribution >= 0.6 is 11.3 Å². The summed E-state index contributed by atoms with van der Waals surface area (Å²) in [5.74, 6) is 2.50. The Kier molecular flexibility index (Phi) is 9.82. The summed E-state index contributed by atoms with van der Waals surface area (Å²) in [6, 6.07) is 15.8. The molecule has 3 fully saturated rings. The van der Waals surface area contributed by atoms with Crippen LogP contribution in [0.1, 0.15) is 81.1 Å². The zero-order chi connectivity index (χ0) is 37.5. The Labute approximate surface area is 318 Å². The van der Waals surface area contributed by atoms with Crippen LogP contribution in [0, 0.1) is 23.7 Å². The van der Waals surface area contributed by atoms with E-state index in [0.717, 1.165) is 76.0 Å². The van der Waals surface area contributed by atoms with Crippen molar-refractivity contribution >= 4 is 29.2 Å². The Hall–Kier alpha value is -5.30. The summed E-state index contributed by atoms with van der Waals surface area (Å²) in [6.07, 6.45) is 8.76. The topological polar surface area (TPSA) is 158 Å². The highest BCUT2D eigenvalue weighted by Gasteiger charge is 2.59. The third kappa shape index (κ3) is 6.69. The molecule has 54 heavy (non-hydrogen) atoms. The van der Waals surface area contributed by atoms with E-state index >= 15 is 0 Å². The van der Waals surface area contributed by atoms with Gasteiger partial charge in [0.05, 0.1) is 48.9 Å². The molecular weight excluding hydrogens is 701 g/mol. The van der Waals surface area contributed by atoms with Gasteiger partial charge in [-0.1, -0.05) is 62.4 Å². The number of amides is 3. The molecule has 2 aliphatic carbocycles. The maximum Gasteiger partial charge on any atom is 0.407 e. The van der Waals surface area contributed by atoms with Gasteiger partial charge in [-0.05, 0) is 72.6 Å². The average molecular weight is 747 g/mol. The second-order valence-corrected chi connectivity index (χ2v) is 16.0. The molecule has 0 radical (unpaired) electrons. The quantitative estimate of drug-likeness (QED) is 0.111. The Morgan fingerprint density at radius 2 is 1.43 bits per heavy atom. The number of rotatable bonds is 11. The minimum absolute atomic E-state index is 0.0650. The molecular formula is C41H46N8O4S. The number of alkyl carbamates (subject to hydrolysis) is 1. The number of thiazole rings is 1. The molecule has 3 aromatic heterocycles. The van der Waals surface area contributed by atoms with Crippen LogP contribution < -0.4 is 10.6 Å². The standard InChI is InChI=1S/C41H46N8O4S/c1-22(2)35(48-41(52)53-4)40(51)49-18-5-6-32(49)36-43-20-30(46-36)26-11-7-24(8-12-26)25-9-13-27(14-10-25)31-21-44-37(47-31)33-28-15-16-29(28)34(33)38(50)45-23(3)39-42-17-19-54-39/h7-14,17,19-23,28-29,32-35H,5-6,15-16,18H2,1-4H3,(H,43,46)(H,44,47)(H,45,50)(H,48,52)/t23-,28?,29-,32+,33-,34-,35+/m1/s1. The second-order valence-electron chi connectivity index (χ2n) is 15.1. The lowest BCUT2D eigenvalue weighted by Gasteiger charge is -2.57. The summed E-state index contributed by atoms with van der Waals surface area (Å²) in [5, 5.41) is 8.77. The lowest BCUT2D eigenvalue weighted by atomic mass is 9.46. The lowest BCUT2D eigenvalue weighted by molar-refractivity contribution is -0.146. The number of methoxy groups -OCH3 is 1. The third-order valence-corrected chi connectivity index (χ3v) is 12.6. The van der Waals surface area contributed by atoms with E-state index in [9.17, 15) is 14.4 Å². The number of carbonyl (C=O) groups excluding carboxylic acids is 3. The molecule has 1 aliphatic heterocycles. The van der Waals surface area contributed by atoms with Crippen LogP contribution in [0.3, 0.4) is 0 Å². The fourth-order valence-corrected chi connectivity index (χ4v) is 9.21. The highest BCUT2D eigenvalue weighted by Crippen LogP contribution is 2.62. The van der Waals surface area contributed by atoms with E-state index in [2.05, 4.69) is 79.1 Å². The molecule has 1 saturated heterocycles. The molecule has 3 amide bonds. The summed E-state index contributed by atoms with van der Waals surface area (Å²) in [5.41, 5.74) is 6.05. The number of aromatic amines is 2. The summed E-state index contributed by atoms with van der Waals surface area (Å²) < 4.78 is 4.76. The Bertz CT molecular complexity index is 2110. The number of ether oxygens (including phenoxy) is 1. The van der Waals surface area contributed by atoms with E-state index in [1.807, 2.05) is 43.4 Å². The number of hydrogen-bond donors (Lipinski definition) is 4. The van der Waals surface area contributed by atoms with Gasteiger partial charge in [-0.3, -0.25) is 9.59 Å². The van der Waals surface area contributed by atoms with Gasteiger partial charge in [-0.25, -0.2) is 19.7 Å². The highest BCUT2D eigenvalue weighted by molar-refractivity contribution is 7.09. The minimum atomic E-state index is -0.676. The molecule has 2 saturated carbocycles. The molecule has 8 rings (SSSR count). The fraction of sp³-hybridized carbons (Fsp3) is 0.415. The number of benzene rings is 2. The van der Waals surface area contributed by atoms with Crippen LogP contribution in [0.4, 0.5) is 4.79 Å². The molecule has 5 aromatic rings. The first-order valence-corrected chi connectivity index (χ1v) is 19.7. The first-order valence-electron chi connectivity index (χ1n) is 18.9. The monoisotopic (exact) mass is 746 g/mol. The van der Waals surface area contributed by atoms with Crippen molar-refractivity contribution in [3.63, 3.8) is 0 Å². The Morgan fingerprint density at radius 3 is 2.00 bits per heavy atom. The summed E-state index contributed by atoms with van der Waals surface area (Å²) >= 11 is 1.56. The number of aromatic nitrogens is 5. The van der Waals surface area contributed by atoms with Crippen molar-refractivity contribution in [1.82, 2.24) is 40.5 Å². The molecule has 1 unspecified atom stereocenters. The molecule has 3 aliphatic rings. The van der Waals surface area contributed by atoms with Crippen molar-refractivity contribution in [1.29, 1.82) is 0 Å². The van der Waals surface area contributed by atoms with Gasteiger partial charge < -0.3 is 30.2 Å². The maximum absolute atomic E-state index is 13.5. The Balaban J connectivity index is 0.913. The molecule has 4 heterocycles. The summed E-state index contributed by atoms with van der Waals surface area (Å²) in [6.45, 7) is 6.42. The highest BCUT2D eigenvalue weighted by atomic mass is 32.1. The molecule has 13 heteroatoms. The number of H-pyrrole nitrogens is 2. The van der Waals surface area contributed by atoms with Gasteiger partial charge in [0.25, 0.3) is 0 Å². The molecule has 0 bridgehead atoms. The van der Waals surface area contributed by atoms with Gasteiger partial charge in [-0.2, -0.15) is 0 Å². The molecule has 4 N–H and O–H groups in total. The first-order chi connectivity index (χ1) is 26.2. The van der Waals surface area contributed by atoms with E-state index in [1.54, 1.807) is 17.5 Å². The van der Waals surface area contributed by atoms with Gasteiger partial charge in [-0.15, -0.1) is 11.3 Å². The van der Waals surface area contributed by atoms with Gasteiger partial charge in [0.15, 0.2) is 0 Å². The number of imidazole rings is 2. The van der Waals surface area contributed by atoms with E-state index in [1.165, 1.54) is 7.11 Å². The molecule has 0 spiro atoms. The van der Waals surface area contributed by atoms with E-state index in [0.29, 0.717) is 18.4 Å². The van der Waals surface area contributed by atoms with Crippen molar-refractivity contribution in [2.45, 2.75) is 70.5 Å². The van der Waals surface area contributed by atoms with Crippen LogP contribution in [0.25, 0.3) is 33.6 Å². The van der Waals surface area contributed by atoms with Gasteiger partial charge >= 0.3 is 6.09 Å². The fourth-order valence-electron chi connectivity index (χ4n) is 8.56. The number of nitrogens with one attached hydrogen (secondary N) is 4. The van der Waals surface area contributed by atoms with Crippen molar-refractivity contribution in [2.75, 3.05) is 13.7 Å². The molecule has 280 valence electrons. The van der Waals surface area contributed by atoms with E-state index in [-0.39, 0.29) is 41.7 Å². The normalized spacial score (nSPS) is 22.8. The van der Waals surface area contributed by atoms with Crippen LogP contribution in [0.15, 0.2) is 72.5 Å². The second kappa shape index (κ2) is 14.8. The number of likely N-dealkylation sites (tertiary alicyclic amines) is 1. The zero-order valence-electron chi connectivity index (χ0n) is 30.9. The minimum Gasteiger partial charge on any atom is -0.453 e. The largest absolute Gasteiger partial charge is 0.453 e. The lowest BCUT2D eigenvalue weighted by Crippen LogP contribution is -2.57. The number of fused-ring (bicyclic) bond motifs is 1. The zero-order valence-corrected chi connectivity index (χ0v) is 31.7. The van der Waals surface area contributed by atoms with Gasteiger partial charge in [0.1, 0.15) is 22.7 Å². The SMILES string of the molecule is COC(=O)N[C@H](C(=O)N1CCC[C@H]1c1ncc(-c2ccc(-c3ccc(-c4cnc([C@@H]5C6CC[C@H]6[C@H]5C(=O)N[C@H](C)c5nccs5)[nH]4)cc3)cc2)[nH]1)C(C)C. The van der Waals surface area contributed by atoms with Crippen LogP contribution in [-0.2, 0) is 14.3 Å². The van der Waals surface area contributed by atoms with Crippen molar-refractivity contribution in [3.05, 3.63) is 89.2 Å². The molecule has 2 aromatic carbocycles. The first kappa shape index (κ1) is 35.7. The van der Waals surface area contributed by atoms with Crippen molar-refractivity contribution < 1.29 is 19.1 Å². The molecule has 7 atom stereocenters. The predicted molar refractivity (Wildman–Crippen MR) is 206 cm³/mol. The third-order valence-electron chi connectivity index (χ3n) is 11.7. The van der Waals surface area contributed by atoms with Crippen molar-refractivity contribution in [3.8, 4) is 33.6 Å². The average Bonchev–Trinajstić information content (AvgIpc) is 4.01. The predicted octanol–water partition coefficient (Wildman–Crippen LogP) is 7.25. The molecule has 12 nitrogen and oxygen atoms in total. The van der Waals surface area contributed by atoms with E-state index in [4.69, 9.17) is 9.72 Å². The number of hydrogen-bond acceptors (Lipinski definition) is 8. The van der Waals surface area contributed by atoms with Crippen LogP contribution in [0.5, 0.6) is 0 Å². The van der Waals surface area contributed by atoms with Crippen LogP contribution in [-0.4, -0.2) is 67.4 Å². The maximum atomic E-state index is 13.5. The smallest absolute Gasteiger partial charge is 0.407 e. The summed E-state index contributed by atoms with van der Waals surface area (Å²) in [7, 11) is 1.30. The Morgan fingerprint density at radius 1 is 0.815 bits per heavy atom. The van der Waals surface area contributed by atoms with Crippen molar-refractivity contribution in [2.24, 2.45) is 23.7 Å². The number of nitrogens with zero attached hydrogens (tertiary/aromatic N) is 4. The van der Waals surface area contributed by atoms with E-state index < -0.39 is 12.1 Å². The van der Waals surface area contributed by atoms with Gasteiger partial charge in [0, 0.05) is 24.0 Å². The summed E-state index contributed by atoms with van der Waals surface area (Å²) in [4.78, 5) is 61.6.